The van der Waals surface area contributed by atoms with E-state index in [-0.39, 0.29) is 11.8 Å². The predicted octanol–water partition coefficient (Wildman–Crippen LogP) is 1.67. The molecule has 3 N–H and O–H groups in total. The van der Waals surface area contributed by atoms with Gasteiger partial charge < -0.3 is 10.3 Å². The Morgan fingerprint density at radius 3 is 3.00 bits per heavy atom. The van der Waals surface area contributed by atoms with Gasteiger partial charge in [0.1, 0.15) is 5.82 Å². The van der Waals surface area contributed by atoms with Gasteiger partial charge in [-0.1, -0.05) is 0 Å². The molecular formula is C14H12N6O. The molecule has 21 heavy (non-hydrogen) atoms. The number of nitrogens with one attached hydrogen (secondary N) is 3. The van der Waals surface area contributed by atoms with Crippen LogP contribution in [-0.2, 0) is 4.79 Å². The van der Waals surface area contributed by atoms with Crippen LogP contribution < -0.4 is 5.32 Å². The zero-order valence-corrected chi connectivity index (χ0v) is 11.0. The van der Waals surface area contributed by atoms with Gasteiger partial charge in [-0.2, -0.15) is 5.10 Å². The summed E-state index contributed by atoms with van der Waals surface area (Å²) in [5.74, 6) is 1.12. The molecule has 1 aliphatic rings. The predicted molar refractivity (Wildman–Crippen MR) is 75.5 cm³/mol. The molecule has 3 aromatic heterocycles. The average Bonchev–Trinajstić information content (AvgIpc) is 3.16. The first-order valence-corrected chi connectivity index (χ1v) is 6.60. The number of imidazole rings is 1. The second-order valence-electron chi connectivity index (χ2n) is 4.88. The van der Waals surface area contributed by atoms with Crippen LogP contribution in [0.5, 0.6) is 0 Å². The van der Waals surface area contributed by atoms with Gasteiger partial charge in [-0.3, -0.25) is 14.9 Å². The third kappa shape index (κ3) is 1.90. The average molecular weight is 280 g/mol. The molecule has 0 fully saturated rings. The molecule has 7 nitrogen and oxygen atoms in total. The van der Waals surface area contributed by atoms with Gasteiger partial charge in [0.25, 0.3) is 0 Å². The second-order valence-corrected chi connectivity index (χ2v) is 4.88. The fraction of sp³-hybridized carbons (Fsp3) is 0.143. The Morgan fingerprint density at radius 1 is 1.29 bits per heavy atom. The molecule has 0 aromatic carbocycles. The number of aromatic amines is 2. The number of amides is 1. The smallest absolute Gasteiger partial charge is 0.226 e. The molecule has 1 atom stereocenters. The quantitative estimate of drug-likeness (QED) is 0.664. The van der Waals surface area contributed by atoms with Crippen molar-refractivity contribution in [1.29, 1.82) is 0 Å². The summed E-state index contributed by atoms with van der Waals surface area (Å²) < 4.78 is 0. The molecule has 4 rings (SSSR count). The number of H-pyrrole nitrogens is 2. The molecule has 4 heterocycles. The van der Waals surface area contributed by atoms with E-state index < -0.39 is 0 Å². The highest BCUT2D eigenvalue weighted by molar-refractivity contribution is 5.95. The number of carbonyl (C=O) groups excluding carboxylic acids is 1. The molecule has 1 aliphatic heterocycles. The summed E-state index contributed by atoms with van der Waals surface area (Å²) in [6.07, 6.45) is 7.27. The summed E-state index contributed by atoms with van der Waals surface area (Å²) in [6, 6.07) is 3.82. The van der Waals surface area contributed by atoms with Crippen LogP contribution in [0.15, 0.2) is 36.9 Å². The van der Waals surface area contributed by atoms with Gasteiger partial charge in [0, 0.05) is 42.3 Å². The van der Waals surface area contributed by atoms with Crippen LogP contribution in [0, 0.1) is 0 Å². The fourth-order valence-electron chi connectivity index (χ4n) is 2.69. The van der Waals surface area contributed by atoms with E-state index in [2.05, 4.69) is 30.5 Å². The first-order valence-electron chi connectivity index (χ1n) is 6.60. The van der Waals surface area contributed by atoms with Gasteiger partial charge in [0.15, 0.2) is 5.82 Å². The van der Waals surface area contributed by atoms with Crippen molar-refractivity contribution in [3.05, 3.63) is 48.3 Å². The molecule has 1 unspecified atom stereocenters. The van der Waals surface area contributed by atoms with Crippen molar-refractivity contribution >= 4 is 11.7 Å². The van der Waals surface area contributed by atoms with Crippen LogP contribution in [0.3, 0.4) is 0 Å². The summed E-state index contributed by atoms with van der Waals surface area (Å²) >= 11 is 0. The molecule has 0 aliphatic carbocycles. The molecule has 0 spiro atoms. The maximum atomic E-state index is 11.9. The normalized spacial score (nSPS) is 17.3. The van der Waals surface area contributed by atoms with E-state index in [0.717, 1.165) is 22.6 Å². The van der Waals surface area contributed by atoms with Crippen molar-refractivity contribution in [3.8, 4) is 11.3 Å². The lowest BCUT2D eigenvalue weighted by Gasteiger charge is -2.21. The maximum absolute atomic E-state index is 11.9. The molecule has 0 radical (unpaired) electrons. The molecule has 104 valence electrons. The number of pyridine rings is 1. The van der Waals surface area contributed by atoms with E-state index in [1.807, 2.05) is 12.1 Å². The van der Waals surface area contributed by atoms with Crippen LogP contribution in [-0.4, -0.2) is 31.1 Å². The lowest BCUT2D eigenvalue weighted by Crippen LogP contribution is -2.24. The summed E-state index contributed by atoms with van der Waals surface area (Å²) in [4.78, 5) is 23.4. The lowest BCUT2D eigenvalue weighted by molar-refractivity contribution is -0.116. The molecule has 0 saturated heterocycles. The third-order valence-corrected chi connectivity index (χ3v) is 3.60. The van der Waals surface area contributed by atoms with E-state index >= 15 is 0 Å². The minimum Gasteiger partial charge on any atom is -0.348 e. The molecule has 0 saturated carbocycles. The van der Waals surface area contributed by atoms with Crippen LogP contribution in [0.4, 0.5) is 5.82 Å². The van der Waals surface area contributed by atoms with Gasteiger partial charge in [-0.25, -0.2) is 4.98 Å². The van der Waals surface area contributed by atoms with E-state index in [1.165, 1.54) is 0 Å². The Hall–Kier alpha value is -2.96. The monoisotopic (exact) mass is 280 g/mol. The topological polar surface area (TPSA) is 99.4 Å². The van der Waals surface area contributed by atoms with Crippen LogP contribution in [0.2, 0.25) is 0 Å². The number of rotatable bonds is 2. The standard InChI is InChI=1S/C14H12N6O/c21-10-6-9(13-16-4-5-17-13)11-12(19-20-14(11)18-10)8-2-1-3-15-7-8/h1-5,7,9H,6H2,(H,16,17)(H2,18,19,20,21). The van der Waals surface area contributed by atoms with Gasteiger partial charge in [0.05, 0.1) is 11.6 Å². The molecule has 7 heteroatoms. The molecule has 3 aromatic rings. The summed E-state index contributed by atoms with van der Waals surface area (Å²) in [6.45, 7) is 0. The van der Waals surface area contributed by atoms with Crippen molar-refractivity contribution in [2.24, 2.45) is 0 Å². The molecular weight excluding hydrogens is 268 g/mol. The Bertz CT molecular complexity index is 777. The Balaban J connectivity index is 1.89. The Morgan fingerprint density at radius 2 is 2.24 bits per heavy atom. The zero-order chi connectivity index (χ0) is 14.2. The SMILES string of the molecule is O=C1CC(c2ncc[nH]2)c2c(n[nH]c2-c2cccnc2)N1. The van der Waals surface area contributed by atoms with Gasteiger partial charge in [-0.15, -0.1) is 0 Å². The number of nitrogens with zero attached hydrogens (tertiary/aromatic N) is 3. The molecule has 0 bridgehead atoms. The maximum Gasteiger partial charge on any atom is 0.226 e. The highest BCUT2D eigenvalue weighted by Crippen LogP contribution is 2.40. The largest absolute Gasteiger partial charge is 0.348 e. The van der Waals surface area contributed by atoms with Crippen molar-refractivity contribution in [2.45, 2.75) is 12.3 Å². The van der Waals surface area contributed by atoms with Gasteiger partial charge >= 0.3 is 0 Å². The van der Waals surface area contributed by atoms with E-state index in [9.17, 15) is 4.79 Å². The Kier molecular flexibility index (Phi) is 2.56. The summed E-state index contributed by atoms with van der Waals surface area (Å²) in [7, 11) is 0. The first-order chi connectivity index (χ1) is 10.3. The molecule has 1 amide bonds. The van der Waals surface area contributed by atoms with Crippen molar-refractivity contribution in [2.75, 3.05) is 5.32 Å². The highest BCUT2D eigenvalue weighted by Gasteiger charge is 2.33. The first kappa shape index (κ1) is 11.8. The van der Waals surface area contributed by atoms with Crippen molar-refractivity contribution < 1.29 is 4.79 Å². The summed E-state index contributed by atoms with van der Waals surface area (Å²) in [5.41, 5.74) is 2.73. The lowest BCUT2D eigenvalue weighted by atomic mass is 9.89. The van der Waals surface area contributed by atoms with Crippen molar-refractivity contribution in [1.82, 2.24) is 25.1 Å². The summed E-state index contributed by atoms with van der Waals surface area (Å²) in [5, 5.41) is 10.0. The van der Waals surface area contributed by atoms with Crippen molar-refractivity contribution in [3.63, 3.8) is 0 Å². The number of aromatic nitrogens is 5. The number of hydrogen-bond donors (Lipinski definition) is 3. The minimum absolute atomic E-state index is 0.0619. The van der Waals surface area contributed by atoms with Gasteiger partial charge in [0.2, 0.25) is 5.91 Å². The Labute approximate surface area is 119 Å². The number of anilines is 1. The number of fused-ring (bicyclic) bond motifs is 1. The number of carbonyl (C=O) groups is 1. The minimum atomic E-state index is -0.141. The van der Waals surface area contributed by atoms with E-state index in [1.54, 1.807) is 24.8 Å². The van der Waals surface area contributed by atoms with E-state index in [4.69, 9.17) is 0 Å². The zero-order valence-electron chi connectivity index (χ0n) is 11.0. The van der Waals surface area contributed by atoms with Crippen LogP contribution >= 0.6 is 0 Å². The highest BCUT2D eigenvalue weighted by atomic mass is 16.1. The number of hydrogen-bond acceptors (Lipinski definition) is 4. The second kappa shape index (κ2) is 4.55. The van der Waals surface area contributed by atoms with Crippen LogP contribution in [0.25, 0.3) is 11.3 Å². The van der Waals surface area contributed by atoms with E-state index in [0.29, 0.717) is 12.2 Å². The van der Waals surface area contributed by atoms with Gasteiger partial charge in [-0.05, 0) is 12.1 Å². The fourth-order valence-corrected chi connectivity index (χ4v) is 2.69. The van der Waals surface area contributed by atoms with Crippen LogP contribution in [0.1, 0.15) is 23.7 Å². The third-order valence-electron chi connectivity index (χ3n) is 3.60.